The Hall–Kier alpha value is -1.49. The van der Waals surface area contributed by atoms with Crippen LogP contribution in [0.2, 0.25) is 0 Å². The Morgan fingerprint density at radius 2 is 2.28 bits per heavy atom. The third kappa shape index (κ3) is 2.51. The number of nitrogens with one attached hydrogen (secondary N) is 2. The van der Waals surface area contributed by atoms with Crippen LogP contribution in [0, 0.1) is 17.1 Å². The summed E-state index contributed by atoms with van der Waals surface area (Å²) in [5.41, 5.74) is -0.448. The fraction of sp³-hybridized carbons (Fsp3) is 0.364. The van der Waals surface area contributed by atoms with E-state index in [0.29, 0.717) is 13.0 Å². The summed E-state index contributed by atoms with van der Waals surface area (Å²) in [5.74, 6) is -0.829. The summed E-state index contributed by atoms with van der Waals surface area (Å²) in [5, 5.41) is 11.8. The van der Waals surface area contributed by atoms with Gasteiger partial charge < -0.3 is 5.32 Å². The van der Waals surface area contributed by atoms with E-state index in [9.17, 15) is 12.8 Å². The lowest BCUT2D eigenvalue weighted by Crippen LogP contribution is -2.36. The summed E-state index contributed by atoms with van der Waals surface area (Å²) >= 11 is 0. The zero-order valence-corrected chi connectivity index (χ0v) is 10.3. The summed E-state index contributed by atoms with van der Waals surface area (Å²) in [6.45, 7) is 1.28. The summed E-state index contributed by atoms with van der Waals surface area (Å²) in [7, 11) is -3.86. The van der Waals surface area contributed by atoms with Crippen LogP contribution >= 0.6 is 0 Å². The molecule has 0 aliphatic carbocycles. The Bertz CT molecular complexity index is 589. The van der Waals surface area contributed by atoms with Gasteiger partial charge in [0.05, 0.1) is 0 Å². The molecule has 2 rings (SSSR count). The molecule has 0 spiro atoms. The third-order valence-electron chi connectivity index (χ3n) is 2.76. The molecular formula is C11H12FN3O2S. The number of hydrogen-bond donors (Lipinski definition) is 2. The van der Waals surface area contributed by atoms with Crippen molar-refractivity contribution in [2.75, 3.05) is 13.1 Å². The number of hydrogen-bond acceptors (Lipinski definition) is 4. The molecule has 0 radical (unpaired) electrons. The Balaban J connectivity index is 2.35. The maximum absolute atomic E-state index is 13.4. The number of rotatable bonds is 3. The van der Waals surface area contributed by atoms with Crippen molar-refractivity contribution in [2.24, 2.45) is 0 Å². The van der Waals surface area contributed by atoms with Gasteiger partial charge in [0.1, 0.15) is 22.3 Å². The van der Waals surface area contributed by atoms with E-state index in [1.54, 1.807) is 6.07 Å². The molecule has 1 fully saturated rings. The molecule has 1 aliphatic rings. The Morgan fingerprint density at radius 3 is 2.89 bits per heavy atom. The quantitative estimate of drug-likeness (QED) is 0.829. The summed E-state index contributed by atoms with van der Waals surface area (Å²) < 4.78 is 40.0. The smallest absolute Gasteiger partial charge is 0.242 e. The van der Waals surface area contributed by atoms with Gasteiger partial charge in [-0.1, -0.05) is 6.07 Å². The van der Waals surface area contributed by atoms with Gasteiger partial charge >= 0.3 is 0 Å². The largest absolute Gasteiger partial charge is 0.315 e. The first-order valence-corrected chi connectivity index (χ1v) is 6.94. The number of sulfonamides is 1. The lowest BCUT2D eigenvalue weighted by molar-refractivity contribution is 0.557. The van der Waals surface area contributed by atoms with E-state index in [2.05, 4.69) is 10.0 Å². The SMILES string of the molecule is N#Cc1c(F)cccc1S(=O)(=O)N[C@H]1CCNC1. The second kappa shape index (κ2) is 5.02. The summed E-state index contributed by atoms with van der Waals surface area (Å²) in [6.07, 6.45) is 0.677. The molecule has 1 aromatic carbocycles. The van der Waals surface area contributed by atoms with Crippen molar-refractivity contribution in [1.29, 1.82) is 5.26 Å². The first-order chi connectivity index (χ1) is 8.54. The van der Waals surface area contributed by atoms with E-state index in [-0.39, 0.29) is 10.9 Å². The highest BCUT2D eigenvalue weighted by molar-refractivity contribution is 7.89. The van der Waals surface area contributed by atoms with Crippen LogP contribution in [0.4, 0.5) is 4.39 Å². The highest BCUT2D eigenvalue weighted by Gasteiger charge is 2.26. The first kappa shape index (κ1) is 13.0. The molecule has 1 aromatic rings. The first-order valence-electron chi connectivity index (χ1n) is 5.46. The van der Waals surface area contributed by atoms with Crippen LogP contribution in [-0.4, -0.2) is 27.5 Å². The van der Waals surface area contributed by atoms with E-state index >= 15 is 0 Å². The van der Waals surface area contributed by atoms with Crippen molar-refractivity contribution in [1.82, 2.24) is 10.0 Å². The van der Waals surface area contributed by atoms with Gasteiger partial charge in [0.15, 0.2) is 0 Å². The van der Waals surface area contributed by atoms with E-state index in [4.69, 9.17) is 5.26 Å². The topological polar surface area (TPSA) is 82.0 Å². The molecule has 0 saturated carbocycles. The Morgan fingerprint density at radius 1 is 1.50 bits per heavy atom. The van der Waals surface area contributed by atoms with Gasteiger partial charge in [0.2, 0.25) is 10.0 Å². The predicted octanol–water partition coefficient (Wildman–Crippen LogP) is 0.338. The minimum Gasteiger partial charge on any atom is -0.315 e. The second-order valence-electron chi connectivity index (χ2n) is 4.04. The monoisotopic (exact) mass is 269 g/mol. The van der Waals surface area contributed by atoms with Crippen LogP contribution in [0.5, 0.6) is 0 Å². The molecular weight excluding hydrogens is 257 g/mol. The Labute approximate surface area is 105 Å². The minimum atomic E-state index is -3.86. The van der Waals surface area contributed by atoms with Gasteiger partial charge in [0.25, 0.3) is 0 Å². The van der Waals surface area contributed by atoms with Crippen molar-refractivity contribution >= 4 is 10.0 Å². The zero-order valence-electron chi connectivity index (χ0n) is 9.48. The van der Waals surface area contributed by atoms with E-state index in [1.807, 2.05) is 0 Å². The standard InChI is InChI=1S/C11H12FN3O2S/c12-10-2-1-3-11(9(10)6-13)18(16,17)15-8-4-5-14-7-8/h1-3,8,14-15H,4-5,7H2/t8-/m0/s1. The van der Waals surface area contributed by atoms with Crippen LogP contribution in [0.25, 0.3) is 0 Å². The average Bonchev–Trinajstić information content (AvgIpc) is 2.80. The molecule has 5 nitrogen and oxygen atoms in total. The molecule has 1 aliphatic heterocycles. The van der Waals surface area contributed by atoms with Crippen LogP contribution in [-0.2, 0) is 10.0 Å². The lowest BCUT2D eigenvalue weighted by atomic mass is 10.2. The molecule has 0 bridgehead atoms. The predicted molar refractivity (Wildman–Crippen MR) is 62.7 cm³/mol. The van der Waals surface area contributed by atoms with Gasteiger partial charge in [-0.05, 0) is 25.1 Å². The summed E-state index contributed by atoms with van der Waals surface area (Å²) in [4.78, 5) is -0.308. The van der Waals surface area contributed by atoms with E-state index in [0.717, 1.165) is 12.6 Å². The molecule has 0 aromatic heterocycles. The highest BCUT2D eigenvalue weighted by Crippen LogP contribution is 2.18. The van der Waals surface area contributed by atoms with Crippen LogP contribution < -0.4 is 10.0 Å². The van der Waals surface area contributed by atoms with Gasteiger partial charge in [-0.25, -0.2) is 17.5 Å². The maximum atomic E-state index is 13.4. The number of nitrogens with zero attached hydrogens (tertiary/aromatic N) is 1. The van der Waals surface area contributed by atoms with Crippen molar-refractivity contribution in [3.05, 3.63) is 29.6 Å². The maximum Gasteiger partial charge on any atom is 0.242 e. The van der Waals surface area contributed by atoms with Crippen molar-refractivity contribution < 1.29 is 12.8 Å². The molecule has 7 heteroatoms. The molecule has 0 unspecified atom stereocenters. The molecule has 1 heterocycles. The highest BCUT2D eigenvalue weighted by atomic mass is 32.2. The number of nitriles is 1. The molecule has 1 atom stereocenters. The van der Waals surface area contributed by atoms with E-state index in [1.165, 1.54) is 12.1 Å². The van der Waals surface area contributed by atoms with Crippen LogP contribution in [0.3, 0.4) is 0 Å². The van der Waals surface area contributed by atoms with Crippen LogP contribution in [0.1, 0.15) is 12.0 Å². The van der Waals surface area contributed by atoms with Gasteiger partial charge in [0, 0.05) is 12.6 Å². The molecule has 2 N–H and O–H groups in total. The molecule has 18 heavy (non-hydrogen) atoms. The van der Waals surface area contributed by atoms with E-state index < -0.39 is 21.4 Å². The van der Waals surface area contributed by atoms with Crippen LogP contribution in [0.15, 0.2) is 23.1 Å². The molecule has 96 valence electrons. The van der Waals surface area contributed by atoms with Crippen molar-refractivity contribution in [3.63, 3.8) is 0 Å². The number of benzene rings is 1. The zero-order chi connectivity index (χ0) is 13.2. The molecule has 1 saturated heterocycles. The fourth-order valence-corrected chi connectivity index (χ4v) is 3.31. The van der Waals surface area contributed by atoms with Gasteiger partial charge in [-0.15, -0.1) is 0 Å². The van der Waals surface area contributed by atoms with Gasteiger partial charge in [-0.2, -0.15) is 5.26 Å². The number of halogens is 1. The normalized spacial score (nSPS) is 19.7. The van der Waals surface area contributed by atoms with Crippen molar-refractivity contribution in [2.45, 2.75) is 17.4 Å². The minimum absolute atomic E-state index is 0.218. The third-order valence-corrected chi connectivity index (χ3v) is 4.32. The van der Waals surface area contributed by atoms with Gasteiger partial charge in [-0.3, -0.25) is 0 Å². The second-order valence-corrected chi connectivity index (χ2v) is 5.72. The molecule has 0 amide bonds. The van der Waals surface area contributed by atoms with Crippen molar-refractivity contribution in [3.8, 4) is 6.07 Å². The average molecular weight is 269 g/mol. The Kier molecular flexibility index (Phi) is 3.61. The summed E-state index contributed by atoms with van der Waals surface area (Å²) in [6, 6.07) is 4.94. The fourth-order valence-electron chi connectivity index (χ4n) is 1.87. The lowest BCUT2D eigenvalue weighted by Gasteiger charge is -2.12.